The van der Waals surface area contributed by atoms with E-state index in [4.69, 9.17) is 14.2 Å². The van der Waals surface area contributed by atoms with Gasteiger partial charge in [0.2, 0.25) is 0 Å². The minimum Gasteiger partial charge on any atom is -0.462 e. The lowest BCUT2D eigenvalue weighted by atomic mass is 10.1. The second-order valence-corrected chi connectivity index (χ2v) is 16.4. The fourth-order valence-corrected chi connectivity index (χ4v) is 6.88. The van der Waals surface area contributed by atoms with Crippen LogP contribution < -0.4 is 0 Å². The molecule has 0 radical (unpaired) electrons. The normalized spacial score (nSPS) is 12.4. The molecule has 0 aliphatic rings. The van der Waals surface area contributed by atoms with Gasteiger partial charge in [-0.1, -0.05) is 204 Å². The van der Waals surface area contributed by atoms with Crippen molar-refractivity contribution in [1.29, 1.82) is 0 Å². The smallest absolute Gasteiger partial charge is 0.306 e. The molecule has 0 N–H and O–H groups in total. The van der Waals surface area contributed by atoms with E-state index in [0.29, 0.717) is 19.3 Å². The minimum absolute atomic E-state index is 0.0784. The summed E-state index contributed by atoms with van der Waals surface area (Å²) in [5.41, 5.74) is 0. The van der Waals surface area contributed by atoms with Crippen molar-refractivity contribution >= 4 is 17.9 Å². The van der Waals surface area contributed by atoms with Crippen molar-refractivity contribution in [2.75, 3.05) is 13.2 Å². The molecule has 336 valence electrons. The molecule has 0 fully saturated rings. The van der Waals surface area contributed by atoms with Crippen LogP contribution in [-0.2, 0) is 28.6 Å². The van der Waals surface area contributed by atoms with Crippen LogP contribution in [0.5, 0.6) is 0 Å². The highest BCUT2D eigenvalue weighted by Crippen LogP contribution is 2.15. The van der Waals surface area contributed by atoms with Crippen LogP contribution in [0.3, 0.4) is 0 Å². The number of rotatable bonds is 44. The first-order valence-electron chi connectivity index (χ1n) is 24.7. The summed E-state index contributed by atoms with van der Waals surface area (Å²) >= 11 is 0. The van der Waals surface area contributed by atoms with Crippen LogP contribution in [0, 0.1) is 0 Å². The molecule has 0 aliphatic heterocycles. The maximum absolute atomic E-state index is 12.7. The Balaban J connectivity index is 4.29. The molecular weight excluding hydrogens is 721 g/mol. The summed E-state index contributed by atoms with van der Waals surface area (Å²) in [4.78, 5) is 37.8. The van der Waals surface area contributed by atoms with Crippen LogP contribution in [0.4, 0.5) is 0 Å². The molecule has 0 aromatic rings. The third-order valence-corrected chi connectivity index (χ3v) is 10.6. The molecule has 0 saturated heterocycles. The van der Waals surface area contributed by atoms with Crippen molar-refractivity contribution in [3.63, 3.8) is 0 Å². The first-order valence-corrected chi connectivity index (χ1v) is 24.7. The number of allylic oxidation sites excluding steroid dienone is 8. The summed E-state index contributed by atoms with van der Waals surface area (Å²) in [6, 6.07) is 0. The first kappa shape index (κ1) is 55.4. The Kier molecular flexibility index (Phi) is 44.9. The molecule has 0 rings (SSSR count). The highest BCUT2D eigenvalue weighted by atomic mass is 16.6. The maximum atomic E-state index is 12.7. The largest absolute Gasteiger partial charge is 0.462 e. The van der Waals surface area contributed by atoms with E-state index in [1.54, 1.807) is 0 Å². The van der Waals surface area contributed by atoms with Gasteiger partial charge in [0.15, 0.2) is 6.10 Å². The number of hydrogen-bond donors (Lipinski definition) is 0. The Morgan fingerprint density at radius 3 is 1.17 bits per heavy atom. The van der Waals surface area contributed by atoms with Gasteiger partial charge >= 0.3 is 17.9 Å². The lowest BCUT2D eigenvalue weighted by molar-refractivity contribution is -0.167. The average molecular weight is 813 g/mol. The summed E-state index contributed by atoms with van der Waals surface area (Å²) in [6.07, 6.45) is 55.3. The van der Waals surface area contributed by atoms with Gasteiger partial charge in [-0.15, -0.1) is 0 Å². The molecule has 58 heavy (non-hydrogen) atoms. The van der Waals surface area contributed by atoms with Gasteiger partial charge in [0.05, 0.1) is 0 Å². The Morgan fingerprint density at radius 2 is 0.724 bits per heavy atom. The van der Waals surface area contributed by atoms with Crippen molar-refractivity contribution in [3.8, 4) is 0 Å². The second-order valence-electron chi connectivity index (χ2n) is 16.4. The van der Waals surface area contributed by atoms with Crippen molar-refractivity contribution in [3.05, 3.63) is 48.6 Å². The van der Waals surface area contributed by atoms with E-state index >= 15 is 0 Å². The van der Waals surface area contributed by atoms with Gasteiger partial charge in [0, 0.05) is 19.3 Å². The van der Waals surface area contributed by atoms with Crippen molar-refractivity contribution in [1.82, 2.24) is 0 Å². The third-order valence-electron chi connectivity index (χ3n) is 10.6. The van der Waals surface area contributed by atoms with Crippen LogP contribution >= 0.6 is 0 Å². The Hall–Kier alpha value is -2.63. The highest BCUT2D eigenvalue weighted by molar-refractivity contribution is 5.71. The number of carbonyl (C=O) groups excluding carboxylic acids is 3. The predicted molar refractivity (Wildman–Crippen MR) is 247 cm³/mol. The molecule has 6 nitrogen and oxygen atoms in total. The average Bonchev–Trinajstić information content (AvgIpc) is 3.22. The minimum atomic E-state index is -0.777. The lowest BCUT2D eigenvalue weighted by Gasteiger charge is -2.18. The monoisotopic (exact) mass is 813 g/mol. The van der Waals surface area contributed by atoms with E-state index in [-0.39, 0.29) is 31.1 Å². The molecule has 0 aromatic heterocycles. The van der Waals surface area contributed by atoms with Crippen LogP contribution in [0.15, 0.2) is 48.6 Å². The molecule has 0 saturated carbocycles. The van der Waals surface area contributed by atoms with Crippen LogP contribution in [0.25, 0.3) is 0 Å². The number of unbranched alkanes of at least 4 members (excludes halogenated alkanes) is 26. The standard InChI is InChI=1S/C52H92O6/c1-4-7-10-13-16-19-21-23-24-25-26-27-28-29-31-33-36-39-42-45-51(54)57-48-49(47-56-50(53)44-41-38-35-32-18-15-12-9-6-3)58-52(55)46-43-40-37-34-30-22-20-17-14-11-8-5-2/h8,11,16-17,19-21,23,49H,4-7,9-10,12-15,18,22,24-48H2,1-3H3/b11-8-,19-16-,20-17-,23-21-. The number of carbonyl (C=O) groups is 3. The number of hydrogen-bond acceptors (Lipinski definition) is 6. The zero-order chi connectivity index (χ0) is 42.3. The number of esters is 3. The van der Waals surface area contributed by atoms with Crippen LogP contribution in [0.2, 0.25) is 0 Å². The molecule has 1 atom stereocenters. The van der Waals surface area contributed by atoms with Gasteiger partial charge < -0.3 is 14.2 Å². The molecule has 6 heteroatoms. The summed E-state index contributed by atoms with van der Waals surface area (Å²) in [6.45, 7) is 6.47. The van der Waals surface area contributed by atoms with Gasteiger partial charge in [-0.3, -0.25) is 14.4 Å². The van der Waals surface area contributed by atoms with Gasteiger partial charge in [0.25, 0.3) is 0 Å². The lowest BCUT2D eigenvalue weighted by Crippen LogP contribution is -2.30. The summed E-state index contributed by atoms with van der Waals surface area (Å²) < 4.78 is 16.7. The molecule has 0 aromatic carbocycles. The van der Waals surface area contributed by atoms with Crippen LogP contribution in [0.1, 0.15) is 245 Å². The van der Waals surface area contributed by atoms with E-state index in [2.05, 4.69) is 69.4 Å². The highest BCUT2D eigenvalue weighted by Gasteiger charge is 2.19. The Morgan fingerprint density at radius 1 is 0.379 bits per heavy atom. The zero-order valence-electron chi connectivity index (χ0n) is 38.3. The molecule has 0 spiro atoms. The predicted octanol–water partition coefficient (Wildman–Crippen LogP) is 15.9. The second kappa shape index (κ2) is 47.1. The van der Waals surface area contributed by atoms with E-state index in [9.17, 15) is 14.4 Å². The molecular formula is C52H92O6. The zero-order valence-corrected chi connectivity index (χ0v) is 38.3. The summed E-state index contributed by atoms with van der Waals surface area (Å²) in [5, 5.41) is 0. The Labute approximate surface area is 358 Å². The molecule has 1 unspecified atom stereocenters. The molecule has 0 bridgehead atoms. The fraction of sp³-hybridized carbons (Fsp3) is 0.788. The van der Waals surface area contributed by atoms with Gasteiger partial charge in [0.1, 0.15) is 13.2 Å². The maximum Gasteiger partial charge on any atom is 0.306 e. The molecule has 0 heterocycles. The van der Waals surface area contributed by atoms with E-state index in [1.807, 2.05) is 0 Å². The van der Waals surface area contributed by atoms with E-state index in [0.717, 1.165) is 89.9 Å². The molecule has 0 aliphatic carbocycles. The van der Waals surface area contributed by atoms with E-state index in [1.165, 1.54) is 116 Å². The fourth-order valence-electron chi connectivity index (χ4n) is 6.88. The van der Waals surface area contributed by atoms with E-state index < -0.39 is 6.10 Å². The van der Waals surface area contributed by atoms with Crippen molar-refractivity contribution in [2.45, 2.75) is 252 Å². The SMILES string of the molecule is CC/C=C\C/C=C\CCCCCCCC(=O)OC(COC(=O)CCCCCCCCCCC)COC(=O)CCCCCCCCCCCC/C=C\C=C/CCCCC. The first-order chi connectivity index (χ1) is 28.5. The third kappa shape index (κ3) is 44.5. The van der Waals surface area contributed by atoms with Crippen molar-refractivity contribution in [2.24, 2.45) is 0 Å². The van der Waals surface area contributed by atoms with Gasteiger partial charge in [-0.2, -0.15) is 0 Å². The van der Waals surface area contributed by atoms with Gasteiger partial charge in [-0.05, 0) is 70.6 Å². The summed E-state index contributed by atoms with van der Waals surface area (Å²) in [7, 11) is 0. The topological polar surface area (TPSA) is 78.9 Å². The van der Waals surface area contributed by atoms with Gasteiger partial charge in [-0.25, -0.2) is 0 Å². The van der Waals surface area contributed by atoms with Crippen LogP contribution in [-0.4, -0.2) is 37.2 Å². The number of ether oxygens (including phenoxy) is 3. The quantitative estimate of drug-likeness (QED) is 0.0200. The van der Waals surface area contributed by atoms with Crippen molar-refractivity contribution < 1.29 is 28.6 Å². The molecule has 0 amide bonds. The Bertz CT molecular complexity index is 1030. The summed E-state index contributed by atoms with van der Waals surface area (Å²) in [5.74, 6) is -0.896.